The molecule has 1 N–H and O–H groups in total. The van der Waals surface area contributed by atoms with Crippen LogP contribution in [0.5, 0.6) is 0 Å². The van der Waals surface area contributed by atoms with Gasteiger partial charge in [0.05, 0.1) is 5.75 Å². The van der Waals surface area contributed by atoms with Gasteiger partial charge < -0.3 is 5.11 Å². The number of carboxylic acids is 1. The zero-order chi connectivity index (χ0) is 14.3. The minimum absolute atomic E-state index is 0.0963. The van der Waals surface area contributed by atoms with E-state index in [9.17, 15) is 13.2 Å². The maximum atomic E-state index is 12.2. The van der Waals surface area contributed by atoms with Crippen LogP contribution in [0.25, 0.3) is 0 Å². The molecule has 1 aliphatic rings. The Hall–Kier alpha value is -1.01. The zero-order valence-corrected chi connectivity index (χ0v) is 12.4. The molecule has 1 atom stereocenters. The molecule has 1 aromatic carbocycles. The molecule has 0 aromatic heterocycles. The van der Waals surface area contributed by atoms with E-state index in [1.807, 2.05) is 24.3 Å². The van der Waals surface area contributed by atoms with Gasteiger partial charge in [0.15, 0.2) is 14.6 Å². The van der Waals surface area contributed by atoms with Crippen LogP contribution in [0.3, 0.4) is 0 Å². The second kappa shape index (κ2) is 4.83. The molecule has 0 spiro atoms. The molecule has 2 rings (SSSR count). The number of hydrogen-bond donors (Lipinski definition) is 1. The fourth-order valence-corrected chi connectivity index (χ4v) is 5.11. The second-order valence-electron chi connectivity index (χ2n) is 5.15. The van der Waals surface area contributed by atoms with Gasteiger partial charge in [-0.05, 0) is 31.9 Å². The van der Waals surface area contributed by atoms with E-state index in [0.29, 0.717) is 6.42 Å². The van der Waals surface area contributed by atoms with E-state index in [1.54, 1.807) is 0 Å². The Morgan fingerprint density at radius 3 is 2.63 bits per heavy atom. The molecule has 1 aromatic rings. The lowest BCUT2D eigenvalue weighted by molar-refractivity contribution is -0.139. The third-order valence-corrected chi connectivity index (χ3v) is 7.51. The number of sulfone groups is 1. The van der Waals surface area contributed by atoms with Crippen LogP contribution in [0.4, 0.5) is 0 Å². The Bertz CT molecular complexity index is 580. The van der Waals surface area contributed by atoms with Gasteiger partial charge in [0.25, 0.3) is 0 Å². The molecule has 0 saturated heterocycles. The van der Waals surface area contributed by atoms with E-state index in [-0.39, 0.29) is 11.0 Å². The fraction of sp³-hybridized carbons (Fsp3) is 0.462. The van der Waals surface area contributed by atoms with Crippen molar-refractivity contribution in [1.82, 2.24) is 0 Å². The van der Waals surface area contributed by atoms with Gasteiger partial charge in [-0.2, -0.15) is 0 Å². The summed E-state index contributed by atoms with van der Waals surface area (Å²) in [6, 6.07) is 7.80. The molecule has 1 heterocycles. The van der Waals surface area contributed by atoms with Crippen molar-refractivity contribution in [1.29, 1.82) is 0 Å². The summed E-state index contributed by atoms with van der Waals surface area (Å²) in [6.45, 7) is 2.49. The highest BCUT2D eigenvalue weighted by molar-refractivity contribution is 8.02. The van der Waals surface area contributed by atoms with Crippen molar-refractivity contribution in [3.05, 3.63) is 29.8 Å². The average molecular weight is 300 g/mol. The Kier molecular flexibility index (Phi) is 3.66. The van der Waals surface area contributed by atoms with Crippen molar-refractivity contribution >= 4 is 27.6 Å². The predicted molar refractivity (Wildman–Crippen MR) is 75.3 cm³/mol. The molecular formula is C13H16O4S2. The fourth-order valence-electron chi connectivity index (χ4n) is 1.93. The van der Waals surface area contributed by atoms with Crippen molar-refractivity contribution in [2.45, 2.75) is 35.2 Å². The molecule has 104 valence electrons. The summed E-state index contributed by atoms with van der Waals surface area (Å²) in [7, 11) is -3.68. The summed E-state index contributed by atoms with van der Waals surface area (Å²) in [6.07, 6.45) is 0.676. The average Bonchev–Trinajstić information content (AvgIpc) is 2.69. The van der Waals surface area contributed by atoms with Gasteiger partial charge in [0, 0.05) is 10.1 Å². The number of carbonyl (C=O) groups is 1. The SMILES string of the molecule is CC(C)(C(=O)O)S(=O)(=O)CC1Cc2ccccc2S1. The van der Waals surface area contributed by atoms with E-state index in [0.717, 1.165) is 10.5 Å². The number of fused-ring (bicyclic) bond motifs is 1. The number of thioether (sulfide) groups is 1. The Labute approximate surface area is 117 Å². The second-order valence-corrected chi connectivity index (χ2v) is 9.07. The number of rotatable bonds is 4. The van der Waals surface area contributed by atoms with Crippen LogP contribution in [-0.4, -0.2) is 35.2 Å². The predicted octanol–water partition coefficient (Wildman–Crippen LogP) is 1.98. The van der Waals surface area contributed by atoms with Crippen molar-refractivity contribution in [3.8, 4) is 0 Å². The van der Waals surface area contributed by atoms with E-state index >= 15 is 0 Å². The molecular weight excluding hydrogens is 284 g/mol. The first-order valence-electron chi connectivity index (χ1n) is 5.94. The van der Waals surface area contributed by atoms with Crippen LogP contribution in [0.2, 0.25) is 0 Å². The summed E-state index contributed by atoms with van der Waals surface area (Å²) in [5.41, 5.74) is 1.14. The van der Waals surface area contributed by atoms with Gasteiger partial charge >= 0.3 is 5.97 Å². The van der Waals surface area contributed by atoms with Crippen LogP contribution in [0.15, 0.2) is 29.2 Å². The Morgan fingerprint density at radius 2 is 2.05 bits per heavy atom. The first-order chi connectivity index (χ1) is 8.74. The van der Waals surface area contributed by atoms with Gasteiger partial charge in [-0.15, -0.1) is 11.8 Å². The van der Waals surface area contributed by atoms with Crippen molar-refractivity contribution in [3.63, 3.8) is 0 Å². The van der Waals surface area contributed by atoms with Crippen LogP contribution in [-0.2, 0) is 21.1 Å². The summed E-state index contributed by atoms with van der Waals surface area (Å²) in [4.78, 5) is 12.2. The zero-order valence-electron chi connectivity index (χ0n) is 10.8. The lowest BCUT2D eigenvalue weighted by atomic mass is 10.1. The lowest BCUT2D eigenvalue weighted by Crippen LogP contribution is -2.43. The maximum absolute atomic E-state index is 12.2. The van der Waals surface area contributed by atoms with Crippen LogP contribution in [0, 0.1) is 0 Å². The summed E-state index contributed by atoms with van der Waals surface area (Å²) < 4.78 is 22.7. The third kappa shape index (κ3) is 2.65. The van der Waals surface area contributed by atoms with Crippen molar-refractivity contribution < 1.29 is 18.3 Å². The molecule has 4 nitrogen and oxygen atoms in total. The van der Waals surface area contributed by atoms with Crippen LogP contribution in [0.1, 0.15) is 19.4 Å². The van der Waals surface area contributed by atoms with E-state index in [4.69, 9.17) is 5.11 Å². The standard InChI is InChI=1S/C13H16O4S2/c1-13(2,12(14)15)19(16,17)8-10-7-9-5-3-4-6-11(9)18-10/h3-6,10H,7-8H2,1-2H3,(H,14,15). The van der Waals surface area contributed by atoms with E-state index < -0.39 is 20.6 Å². The smallest absolute Gasteiger partial charge is 0.324 e. The first-order valence-corrected chi connectivity index (χ1v) is 8.47. The highest BCUT2D eigenvalue weighted by atomic mass is 32.2. The molecule has 1 unspecified atom stereocenters. The molecule has 0 amide bonds. The highest BCUT2D eigenvalue weighted by Gasteiger charge is 2.43. The van der Waals surface area contributed by atoms with Crippen LogP contribution < -0.4 is 0 Å². The quantitative estimate of drug-likeness (QED) is 0.920. The van der Waals surface area contributed by atoms with Crippen molar-refractivity contribution in [2.24, 2.45) is 0 Å². The van der Waals surface area contributed by atoms with Gasteiger partial charge in [-0.1, -0.05) is 18.2 Å². The Balaban J connectivity index is 2.15. The van der Waals surface area contributed by atoms with Crippen LogP contribution >= 0.6 is 11.8 Å². The molecule has 0 radical (unpaired) electrons. The summed E-state index contributed by atoms with van der Waals surface area (Å²) in [5, 5.41) is 8.94. The molecule has 19 heavy (non-hydrogen) atoms. The summed E-state index contributed by atoms with van der Waals surface area (Å²) in [5.74, 6) is -1.40. The first kappa shape index (κ1) is 14.4. The van der Waals surface area contributed by atoms with Gasteiger partial charge in [-0.3, -0.25) is 4.79 Å². The molecule has 1 aliphatic heterocycles. The topological polar surface area (TPSA) is 71.4 Å². The molecule has 0 saturated carbocycles. The normalized spacial score (nSPS) is 19.2. The molecule has 0 fully saturated rings. The minimum Gasteiger partial charge on any atom is -0.480 e. The van der Waals surface area contributed by atoms with E-state index in [2.05, 4.69) is 0 Å². The molecule has 0 aliphatic carbocycles. The van der Waals surface area contributed by atoms with E-state index in [1.165, 1.54) is 25.6 Å². The van der Waals surface area contributed by atoms with Gasteiger partial charge in [0.2, 0.25) is 0 Å². The minimum atomic E-state index is -3.68. The largest absolute Gasteiger partial charge is 0.480 e. The maximum Gasteiger partial charge on any atom is 0.324 e. The molecule has 0 bridgehead atoms. The highest BCUT2D eigenvalue weighted by Crippen LogP contribution is 2.38. The van der Waals surface area contributed by atoms with Gasteiger partial charge in [0.1, 0.15) is 0 Å². The lowest BCUT2D eigenvalue weighted by Gasteiger charge is -2.21. The number of aliphatic carboxylic acids is 1. The van der Waals surface area contributed by atoms with Gasteiger partial charge in [-0.25, -0.2) is 8.42 Å². The number of benzene rings is 1. The third-order valence-electron chi connectivity index (χ3n) is 3.41. The monoisotopic (exact) mass is 300 g/mol. The number of carboxylic acid groups (broad SMARTS) is 1. The number of hydrogen-bond acceptors (Lipinski definition) is 4. The Morgan fingerprint density at radius 1 is 1.42 bits per heavy atom. The summed E-state index contributed by atoms with van der Waals surface area (Å²) >= 11 is 1.52. The van der Waals surface area contributed by atoms with Crippen molar-refractivity contribution in [2.75, 3.05) is 5.75 Å². The molecule has 6 heteroatoms.